The predicted octanol–water partition coefficient (Wildman–Crippen LogP) is 2.37. The van der Waals surface area contributed by atoms with E-state index in [0.29, 0.717) is 11.6 Å². The Hall–Kier alpha value is -1.85. The minimum atomic E-state index is 0.0852. The Labute approximate surface area is 128 Å². The molecule has 1 fully saturated rings. The molecule has 5 nitrogen and oxygen atoms in total. The fraction of sp³-hybridized carbons (Fsp3) is 0.333. The van der Waals surface area contributed by atoms with E-state index in [4.69, 9.17) is 22.1 Å². The van der Waals surface area contributed by atoms with Crippen LogP contribution in [0.2, 0.25) is 5.15 Å². The number of hydrogen-bond acceptors (Lipinski definition) is 5. The lowest BCUT2D eigenvalue weighted by molar-refractivity contribution is 0.192. The molecule has 2 aromatic rings. The van der Waals surface area contributed by atoms with Gasteiger partial charge < -0.3 is 10.5 Å². The molecule has 1 unspecified atom stereocenters. The Kier molecular flexibility index (Phi) is 4.22. The van der Waals surface area contributed by atoms with Gasteiger partial charge >= 0.3 is 0 Å². The van der Waals surface area contributed by atoms with Crippen LogP contribution in [-0.2, 0) is 6.54 Å². The molecule has 1 aliphatic heterocycles. The third-order valence-electron chi connectivity index (χ3n) is 3.56. The number of nitrogen functional groups attached to an aromatic ring is 1. The van der Waals surface area contributed by atoms with Crippen molar-refractivity contribution in [3.8, 4) is 5.88 Å². The van der Waals surface area contributed by atoms with Gasteiger partial charge in [-0.15, -0.1) is 0 Å². The van der Waals surface area contributed by atoms with Crippen molar-refractivity contribution in [2.75, 3.05) is 18.8 Å². The Balaban J connectivity index is 1.59. The second-order valence-corrected chi connectivity index (χ2v) is 5.49. The third kappa shape index (κ3) is 3.43. The molecule has 0 radical (unpaired) electrons. The topological polar surface area (TPSA) is 64.3 Å². The van der Waals surface area contributed by atoms with Gasteiger partial charge in [-0.2, -0.15) is 4.98 Å². The maximum Gasteiger partial charge on any atom is 0.242 e. The lowest BCUT2D eigenvalue weighted by Gasteiger charge is -2.17. The van der Waals surface area contributed by atoms with E-state index in [0.717, 1.165) is 26.1 Å². The average molecular weight is 305 g/mol. The van der Waals surface area contributed by atoms with Gasteiger partial charge in [0.2, 0.25) is 5.88 Å². The highest BCUT2D eigenvalue weighted by molar-refractivity contribution is 6.32. The molecule has 1 atom stereocenters. The van der Waals surface area contributed by atoms with Crippen LogP contribution in [0, 0.1) is 0 Å². The summed E-state index contributed by atoms with van der Waals surface area (Å²) in [5.74, 6) is 0.376. The van der Waals surface area contributed by atoms with Crippen molar-refractivity contribution in [1.29, 1.82) is 0 Å². The quantitative estimate of drug-likeness (QED) is 0.879. The van der Waals surface area contributed by atoms with Crippen LogP contribution >= 0.6 is 11.6 Å². The molecule has 0 saturated carbocycles. The van der Waals surface area contributed by atoms with Gasteiger partial charge in [-0.3, -0.25) is 4.90 Å². The normalized spacial score (nSPS) is 18.8. The van der Waals surface area contributed by atoms with Crippen LogP contribution < -0.4 is 10.5 Å². The number of ether oxygens (including phenoxy) is 1. The smallest absolute Gasteiger partial charge is 0.242 e. The van der Waals surface area contributed by atoms with Crippen LogP contribution in [0.4, 0.5) is 5.69 Å². The van der Waals surface area contributed by atoms with Gasteiger partial charge in [0.25, 0.3) is 0 Å². The number of nitrogens with two attached hydrogens (primary N) is 1. The number of halogens is 1. The first-order valence-electron chi connectivity index (χ1n) is 6.91. The van der Waals surface area contributed by atoms with Crippen LogP contribution in [0.5, 0.6) is 5.88 Å². The number of benzene rings is 1. The van der Waals surface area contributed by atoms with Gasteiger partial charge in [0.05, 0.1) is 0 Å². The van der Waals surface area contributed by atoms with Gasteiger partial charge in [-0.1, -0.05) is 41.9 Å². The summed E-state index contributed by atoms with van der Waals surface area (Å²) >= 11 is 5.87. The number of nitrogens with zero attached hydrogens (tertiary/aromatic N) is 3. The highest BCUT2D eigenvalue weighted by Gasteiger charge is 2.25. The molecule has 110 valence electrons. The summed E-state index contributed by atoms with van der Waals surface area (Å²) in [6, 6.07) is 10.4. The standard InChI is InChI=1S/C15H17ClN4O/c16-14-13(17)15(19-10-18-14)21-12-6-7-20(9-12)8-11-4-2-1-3-5-11/h1-5,10,12H,6-9,17H2. The summed E-state index contributed by atoms with van der Waals surface area (Å²) in [6.07, 6.45) is 2.40. The largest absolute Gasteiger partial charge is 0.471 e. The molecular weight excluding hydrogens is 288 g/mol. The minimum absolute atomic E-state index is 0.0852. The van der Waals surface area contributed by atoms with Crippen molar-refractivity contribution in [2.24, 2.45) is 0 Å². The lowest BCUT2D eigenvalue weighted by atomic mass is 10.2. The van der Waals surface area contributed by atoms with E-state index in [2.05, 4.69) is 39.1 Å². The number of likely N-dealkylation sites (tertiary alicyclic amines) is 1. The second-order valence-electron chi connectivity index (χ2n) is 5.13. The number of anilines is 1. The Bertz CT molecular complexity index is 608. The fourth-order valence-electron chi connectivity index (χ4n) is 2.49. The van der Waals surface area contributed by atoms with Crippen molar-refractivity contribution in [2.45, 2.75) is 19.1 Å². The van der Waals surface area contributed by atoms with E-state index in [9.17, 15) is 0 Å². The average Bonchev–Trinajstić information content (AvgIpc) is 2.92. The molecule has 2 heterocycles. The second kappa shape index (κ2) is 6.28. The Morgan fingerprint density at radius 1 is 1.29 bits per heavy atom. The van der Waals surface area contributed by atoms with Crippen LogP contribution in [-0.4, -0.2) is 34.1 Å². The first-order chi connectivity index (χ1) is 10.2. The molecule has 2 N–H and O–H groups in total. The Morgan fingerprint density at radius 3 is 2.90 bits per heavy atom. The molecule has 21 heavy (non-hydrogen) atoms. The van der Waals surface area contributed by atoms with Crippen molar-refractivity contribution in [3.63, 3.8) is 0 Å². The van der Waals surface area contributed by atoms with E-state index in [1.54, 1.807) is 0 Å². The van der Waals surface area contributed by atoms with Gasteiger partial charge in [-0.05, 0) is 12.0 Å². The van der Waals surface area contributed by atoms with Crippen molar-refractivity contribution < 1.29 is 4.74 Å². The molecule has 0 aliphatic carbocycles. The molecule has 0 amide bonds. The summed E-state index contributed by atoms with van der Waals surface area (Å²) in [4.78, 5) is 10.2. The van der Waals surface area contributed by atoms with Crippen molar-refractivity contribution in [1.82, 2.24) is 14.9 Å². The predicted molar refractivity (Wildman–Crippen MR) is 82.2 cm³/mol. The first-order valence-corrected chi connectivity index (χ1v) is 7.29. The lowest BCUT2D eigenvalue weighted by Crippen LogP contribution is -2.25. The molecule has 1 aromatic heterocycles. The van der Waals surface area contributed by atoms with E-state index < -0.39 is 0 Å². The van der Waals surface area contributed by atoms with Crippen LogP contribution in [0.25, 0.3) is 0 Å². The van der Waals surface area contributed by atoms with E-state index >= 15 is 0 Å². The third-order valence-corrected chi connectivity index (χ3v) is 3.86. The van der Waals surface area contributed by atoms with E-state index in [-0.39, 0.29) is 11.3 Å². The van der Waals surface area contributed by atoms with Crippen molar-refractivity contribution >= 4 is 17.3 Å². The van der Waals surface area contributed by atoms with Crippen LogP contribution in [0.1, 0.15) is 12.0 Å². The SMILES string of the molecule is Nc1c(Cl)ncnc1OC1CCN(Cc2ccccc2)C1. The zero-order valence-electron chi connectivity index (χ0n) is 11.6. The van der Waals surface area contributed by atoms with Gasteiger partial charge in [-0.25, -0.2) is 4.98 Å². The van der Waals surface area contributed by atoms with Crippen molar-refractivity contribution in [3.05, 3.63) is 47.4 Å². The monoisotopic (exact) mass is 304 g/mol. The molecule has 1 aromatic carbocycles. The van der Waals surface area contributed by atoms with E-state index in [1.807, 2.05) is 6.07 Å². The maximum atomic E-state index is 5.87. The molecule has 0 spiro atoms. The van der Waals surface area contributed by atoms with Crippen LogP contribution in [0.3, 0.4) is 0 Å². The van der Waals surface area contributed by atoms with E-state index in [1.165, 1.54) is 11.9 Å². The van der Waals surface area contributed by atoms with Gasteiger partial charge in [0.1, 0.15) is 18.1 Å². The number of rotatable bonds is 4. The summed E-state index contributed by atoms with van der Waals surface area (Å²) in [5, 5.41) is 0.235. The molecule has 1 aliphatic rings. The zero-order valence-corrected chi connectivity index (χ0v) is 12.3. The summed E-state index contributed by atoms with van der Waals surface area (Å²) < 4.78 is 5.85. The Morgan fingerprint density at radius 2 is 2.10 bits per heavy atom. The minimum Gasteiger partial charge on any atom is -0.471 e. The summed E-state index contributed by atoms with van der Waals surface area (Å²) in [6.45, 7) is 2.79. The number of aromatic nitrogens is 2. The summed E-state index contributed by atoms with van der Waals surface area (Å²) in [7, 11) is 0. The van der Waals surface area contributed by atoms with Crippen LogP contribution in [0.15, 0.2) is 36.7 Å². The van der Waals surface area contributed by atoms with Gasteiger partial charge in [0, 0.05) is 19.6 Å². The molecule has 1 saturated heterocycles. The maximum absolute atomic E-state index is 5.87. The molecular formula is C15H17ClN4O. The fourth-order valence-corrected chi connectivity index (χ4v) is 2.61. The van der Waals surface area contributed by atoms with Gasteiger partial charge in [0.15, 0.2) is 5.15 Å². The highest BCUT2D eigenvalue weighted by atomic mass is 35.5. The summed E-state index contributed by atoms with van der Waals surface area (Å²) in [5.41, 5.74) is 7.44. The zero-order chi connectivity index (χ0) is 14.7. The first kappa shape index (κ1) is 14.1. The molecule has 3 rings (SSSR count). The number of hydrogen-bond donors (Lipinski definition) is 1. The molecule has 0 bridgehead atoms. The molecule has 6 heteroatoms. The highest BCUT2D eigenvalue weighted by Crippen LogP contribution is 2.27.